The first kappa shape index (κ1) is 15.3. The molecule has 23 heavy (non-hydrogen) atoms. The lowest BCUT2D eigenvalue weighted by atomic mass is 10.1. The van der Waals surface area contributed by atoms with Crippen LogP contribution < -0.4 is 10.5 Å². The van der Waals surface area contributed by atoms with Crippen molar-refractivity contribution in [3.8, 4) is 17.1 Å². The summed E-state index contributed by atoms with van der Waals surface area (Å²) in [6, 6.07) is 15.0. The van der Waals surface area contributed by atoms with Crippen molar-refractivity contribution in [1.82, 2.24) is 9.97 Å². The minimum absolute atomic E-state index is 0.243. The zero-order chi connectivity index (χ0) is 16.2. The van der Waals surface area contributed by atoms with E-state index in [9.17, 15) is 0 Å². The Kier molecular flexibility index (Phi) is 4.44. The first-order valence-corrected chi connectivity index (χ1v) is 7.61. The molecule has 0 aliphatic heterocycles. The molecule has 0 bridgehead atoms. The highest BCUT2D eigenvalue weighted by Gasteiger charge is 2.15. The lowest BCUT2D eigenvalue weighted by Gasteiger charge is -2.17. The quantitative estimate of drug-likeness (QED) is 0.716. The van der Waals surface area contributed by atoms with Gasteiger partial charge in [0.05, 0.1) is 0 Å². The number of aromatic nitrogens is 2. The summed E-state index contributed by atoms with van der Waals surface area (Å²) in [5, 5.41) is 0.665. The Labute approximate surface area is 139 Å². The summed E-state index contributed by atoms with van der Waals surface area (Å²) < 4.78 is 6.01. The molecule has 5 heteroatoms. The van der Waals surface area contributed by atoms with E-state index in [1.165, 1.54) is 0 Å². The molecule has 2 aromatic carbocycles. The fourth-order valence-electron chi connectivity index (χ4n) is 2.29. The standard InChI is InChI=1S/C18H16ClN3O/c1-12(15-4-2-3-5-16(15)19)23-18-17(21-10-11-22-18)13-6-8-14(20)9-7-13/h2-12H,20H2,1H3/t12-/m1/s1. The van der Waals surface area contributed by atoms with E-state index in [2.05, 4.69) is 9.97 Å². The molecule has 3 rings (SSSR count). The van der Waals surface area contributed by atoms with E-state index < -0.39 is 0 Å². The van der Waals surface area contributed by atoms with Crippen molar-refractivity contribution < 1.29 is 4.74 Å². The van der Waals surface area contributed by atoms with Crippen molar-refractivity contribution in [2.45, 2.75) is 13.0 Å². The van der Waals surface area contributed by atoms with Gasteiger partial charge in [-0.15, -0.1) is 0 Å². The summed E-state index contributed by atoms with van der Waals surface area (Å²) in [6.07, 6.45) is 3.00. The maximum atomic E-state index is 6.23. The van der Waals surface area contributed by atoms with Crippen LogP contribution in [0.25, 0.3) is 11.3 Å². The van der Waals surface area contributed by atoms with Gasteiger partial charge in [0.2, 0.25) is 5.88 Å². The van der Waals surface area contributed by atoms with Crippen LogP contribution in [0.15, 0.2) is 60.9 Å². The van der Waals surface area contributed by atoms with E-state index in [-0.39, 0.29) is 6.10 Å². The van der Waals surface area contributed by atoms with Crippen molar-refractivity contribution >= 4 is 17.3 Å². The Balaban J connectivity index is 1.92. The summed E-state index contributed by atoms with van der Waals surface area (Å²) in [4.78, 5) is 8.70. The second-order valence-corrected chi connectivity index (χ2v) is 5.52. The van der Waals surface area contributed by atoms with Gasteiger partial charge in [-0.25, -0.2) is 9.97 Å². The molecular formula is C18H16ClN3O. The lowest BCUT2D eigenvalue weighted by Crippen LogP contribution is -2.06. The van der Waals surface area contributed by atoms with Gasteiger partial charge in [0.25, 0.3) is 0 Å². The van der Waals surface area contributed by atoms with Crippen LogP contribution >= 0.6 is 11.6 Å². The summed E-state index contributed by atoms with van der Waals surface area (Å²) >= 11 is 6.23. The third-order valence-corrected chi connectivity index (χ3v) is 3.82. The van der Waals surface area contributed by atoms with Crippen molar-refractivity contribution in [2.24, 2.45) is 0 Å². The fraction of sp³-hybridized carbons (Fsp3) is 0.111. The monoisotopic (exact) mass is 325 g/mol. The number of ether oxygens (including phenoxy) is 1. The first-order chi connectivity index (χ1) is 11.1. The van der Waals surface area contributed by atoms with Gasteiger partial charge in [-0.3, -0.25) is 0 Å². The fourth-order valence-corrected chi connectivity index (χ4v) is 2.58. The highest BCUT2D eigenvalue weighted by atomic mass is 35.5. The van der Waals surface area contributed by atoms with Gasteiger partial charge in [-0.2, -0.15) is 0 Å². The highest BCUT2D eigenvalue weighted by Crippen LogP contribution is 2.31. The maximum absolute atomic E-state index is 6.23. The minimum atomic E-state index is -0.243. The summed E-state index contributed by atoms with van der Waals surface area (Å²) in [7, 11) is 0. The molecule has 0 unspecified atom stereocenters. The highest BCUT2D eigenvalue weighted by molar-refractivity contribution is 6.31. The molecule has 0 amide bonds. The Morgan fingerprint density at radius 2 is 1.70 bits per heavy atom. The topological polar surface area (TPSA) is 61.0 Å². The Morgan fingerprint density at radius 1 is 1.00 bits per heavy atom. The van der Waals surface area contributed by atoms with Crippen molar-refractivity contribution in [1.29, 1.82) is 0 Å². The van der Waals surface area contributed by atoms with E-state index in [0.29, 0.717) is 22.3 Å². The molecular weight excluding hydrogens is 310 g/mol. The zero-order valence-electron chi connectivity index (χ0n) is 12.6. The minimum Gasteiger partial charge on any atom is -0.468 e. The zero-order valence-corrected chi connectivity index (χ0v) is 13.4. The van der Waals surface area contributed by atoms with Crippen LogP contribution in [0.1, 0.15) is 18.6 Å². The van der Waals surface area contributed by atoms with Crippen LogP contribution in [0.5, 0.6) is 5.88 Å². The molecule has 0 saturated heterocycles. The molecule has 1 aromatic heterocycles. The van der Waals surface area contributed by atoms with Crippen LogP contribution in [0.4, 0.5) is 5.69 Å². The average molecular weight is 326 g/mol. The summed E-state index contributed by atoms with van der Waals surface area (Å²) in [5.41, 5.74) is 8.91. The molecule has 116 valence electrons. The van der Waals surface area contributed by atoms with Crippen molar-refractivity contribution in [3.05, 3.63) is 71.5 Å². The van der Waals surface area contributed by atoms with E-state index in [1.807, 2.05) is 55.5 Å². The predicted molar refractivity (Wildman–Crippen MR) is 92.4 cm³/mol. The average Bonchev–Trinajstić information content (AvgIpc) is 2.56. The van der Waals surface area contributed by atoms with Crippen molar-refractivity contribution in [3.63, 3.8) is 0 Å². The number of rotatable bonds is 4. The molecule has 1 atom stereocenters. The molecule has 0 spiro atoms. The molecule has 3 aromatic rings. The Bertz CT molecular complexity index is 805. The molecule has 4 nitrogen and oxygen atoms in total. The van der Waals surface area contributed by atoms with Gasteiger partial charge in [-0.1, -0.05) is 41.9 Å². The molecule has 0 radical (unpaired) electrons. The van der Waals surface area contributed by atoms with Crippen LogP contribution in [-0.4, -0.2) is 9.97 Å². The molecule has 0 saturated carbocycles. The van der Waals surface area contributed by atoms with Gasteiger partial charge < -0.3 is 10.5 Å². The molecule has 0 aliphatic carbocycles. The Hall–Kier alpha value is -2.59. The number of nitrogen functional groups attached to an aromatic ring is 1. The molecule has 0 fully saturated rings. The van der Waals surface area contributed by atoms with Crippen LogP contribution in [0.3, 0.4) is 0 Å². The number of nitrogens with two attached hydrogens (primary N) is 1. The third kappa shape index (κ3) is 3.43. The van der Waals surface area contributed by atoms with Gasteiger partial charge in [0.15, 0.2) is 0 Å². The van der Waals surface area contributed by atoms with Gasteiger partial charge >= 0.3 is 0 Å². The summed E-state index contributed by atoms with van der Waals surface area (Å²) in [5.74, 6) is 0.463. The van der Waals surface area contributed by atoms with E-state index in [4.69, 9.17) is 22.1 Å². The van der Waals surface area contributed by atoms with Gasteiger partial charge in [0.1, 0.15) is 11.8 Å². The SMILES string of the molecule is C[C@@H](Oc1nccnc1-c1ccc(N)cc1)c1ccccc1Cl. The largest absolute Gasteiger partial charge is 0.468 e. The number of hydrogen-bond acceptors (Lipinski definition) is 4. The number of halogens is 1. The summed E-state index contributed by atoms with van der Waals surface area (Å²) in [6.45, 7) is 1.93. The lowest BCUT2D eigenvalue weighted by molar-refractivity contribution is 0.218. The normalized spacial score (nSPS) is 11.9. The molecule has 2 N–H and O–H groups in total. The number of nitrogens with zero attached hydrogens (tertiary/aromatic N) is 2. The second kappa shape index (κ2) is 6.67. The number of hydrogen-bond donors (Lipinski definition) is 1. The number of benzene rings is 2. The smallest absolute Gasteiger partial charge is 0.241 e. The number of anilines is 1. The van der Waals surface area contributed by atoms with Crippen LogP contribution in [0.2, 0.25) is 5.02 Å². The third-order valence-electron chi connectivity index (χ3n) is 3.48. The van der Waals surface area contributed by atoms with E-state index >= 15 is 0 Å². The van der Waals surface area contributed by atoms with E-state index in [1.54, 1.807) is 12.4 Å². The predicted octanol–water partition coefficient (Wildman–Crippen LogP) is 4.52. The second-order valence-electron chi connectivity index (χ2n) is 5.11. The van der Waals surface area contributed by atoms with Crippen molar-refractivity contribution in [2.75, 3.05) is 5.73 Å². The maximum Gasteiger partial charge on any atom is 0.241 e. The van der Waals surface area contributed by atoms with Crippen LogP contribution in [0, 0.1) is 0 Å². The molecule has 0 aliphatic rings. The van der Waals surface area contributed by atoms with Crippen LogP contribution in [-0.2, 0) is 0 Å². The van der Waals surface area contributed by atoms with Gasteiger partial charge in [0, 0.05) is 34.2 Å². The van der Waals surface area contributed by atoms with E-state index in [0.717, 1.165) is 11.1 Å². The Morgan fingerprint density at radius 3 is 2.43 bits per heavy atom. The van der Waals surface area contributed by atoms with Gasteiger partial charge in [-0.05, 0) is 25.1 Å². The molecule has 1 heterocycles. The first-order valence-electron chi connectivity index (χ1n) is 7.23.